The number of hydrogen-bond donors (Lipinski definition) is 1. The Kier molecular flexibility index (Phi) is 6.25. The topological polar surface area (TPSA) is 55.8 Å². The number of ether oxygens (including phenoxy) is 2. The van der Waals surface area contributed by atoms with Gasteiger partial charge in [0.25, 0.3) is 0 Å². The van der Waals surface area contributed by atoms with Gasteiger partial charge in [0.2, 0.25) is 0 Å². The van der Waals surface area contributed by atoms with Gasteiger partial charge < -0.3 is 14.6 Å². The van der Waals surface area contributed by atoms with E-state index >= 15 is 0 Å². The molecule has 23 heavy (non-hydrogen) atoms. The molecule has 1 aliphatic rings. The Hall–Kier alpha value is -1.78. The Morgan fingerprint density at radius 1 is 1.22 bits per heavy atom. The van der Waals surface area contributed by atoms with Crippen molar-refractivity contribution in [3.05, 3.63) is 23.5 Å². The van der Waals surface area contributed by atoms with Crippen molar-refractivity contribution in [3.63, 3.8) is 0 Å². The van der Waals surface area contributed by atoms with E-state index in [0.717, 1.165) is 12.8 Å². The zero-order valence-electron chi connectivity index (χ0n) is 13.8. The SMILES string of the molecule is CCCOc1cc(F)c(CCC2CC2C(=O)O)cc1OCCC. The van der Waals surface area contributed by atoms with Gasteiger partial charge in [-0.1, -0.05) is 13.8 Å². The molecule has 128 valence electrons. The summed E-state index contributed by atoms with van der Waals surface area (Å²) in [6.07, 6.45) is 3.62. The first-order valence-electron chi connectivity index (χ1n) is 8.37. The van der Waals surface area contributed by atoms with Crippen molar-refractivity contribution in [1.82, 2.24) is 0 Å². The van der Waals surface area contributed by atoms with Crippen LogP contribution in [0.4, 0.5) is 4.39 Å². The molecular weight excluding hydrogens is 299 g/mol. The first kappa shape index (κ1) is 17.6. The molecule has 0 radical (unpaired) electrons. The van der Waals surface area contributed by atoms with Crippen LogP contribution in [0, 0.1) is 17.7 Å². The largest absolute Gasteiger partial charge is 0.490 e. The quantitative estimate of drug-likeness (QED) is 0.705. The fourth-order valence-corrected chi connectivity index (χ4v) is 2.63. The van der Waals surface area contributed by atoms with Gasteiger partial charge in [0.15, 0.2) is 11.5 Å². The van der Waals surface area contributed by atoms with E-state index in [-0.39, 0.29) is 17.7 Å². The molecule has 0 bridgehead atoms. The third kappa shape index (κ3) is 4.85. The van der Waals surface area contributed by atoms with Crippen LogP contribution in [-0.2, 0) is 11.2 Å². The monoisotopic (exact) mass is 324 g/mol. The highest BCUT2D eigenvalue weighted by Crippen LogP contribution is 2.42. The van der Waals surface area contributed by atoms with Gasteiger partial charge in [-0.2, -0.15) is 0 Å². The predicted octanol–water partition coefficient (Wildman–Crippen LogP) is 4.06. The number of hydrogen-bond acceptors (Lipinski definition) is 3. The van der Waals surface area contributed by atoms with Crippen LogP contribution in [-0.4, -0.2) is 24.3 Å². The third-order valence-electron chi connectivity index (χ3n) is 4.06. The molecule has 5 heteroatoms. The van der Waals surface area contributed by atoms with Crippen LogP contribution in [0.2, 0.25) is 0 Å². The van der Waals surface area contributed by atoms with E-state index in [0.29, 0.717) is 49.5 Å². The molecule has 1 fully saturated rings. The van der Waals surface area contributed by atoms with Gasteiger partial charge in [-0.05, 0) is 49.7 Å². The molecule has 1 aliphatic carbocycles. The fraction of sp³-hybridized carbons (Fsp3) is 0.611. The summed E-state index contributed by atoms with van der Waals surface area (Å²) in [5, 5.41) is 8.92. The summed E-state index contributed by atoms with van der Waals surface area (Å²) >= 11 is 0. The zero-order valence-corrected chi connectivity index (χ0v) is 13.8. The van der Waals surface area contributed by atoms with E-state index in [2.05, 4.69) is 0 Å². The number of aryl methyl sites for hydroxylation is 1. The first-order valence-corrected chi connectivity index (χ1v) is 8.37. The van der Waals surface area contributed by atoms with E-state index in [1.807, 2.05) is 13.8 Å². The van der Waals surface area contributed by atoms with Crippen molar-refractivity contribution >= 4 is 5.97 Å². The minimum atomic E-state index is -0.745. The van der Waals surface area contributed by atoms with Crippen molar-refractivity contribution in [2.45, 2.75) is 46.0 Å². The van der Waals surface area contributed by atoms with Crippen LogP contribution in [0.3, 0.4) is 0 Å². The Bertz CT molecular complexity index is 544. The Morgan fingerprint density at radius 3 is 2.35 bits per heavy atom. The number of carboxylic acid groups (broad SMARTS) is 1. The Balaban J connectivity index is 2.04. The zero-order chi connectivity index (χ0) is 16.8. The van der Waals surface area contributed by atoms with Gasteiger partial charge in [-0.25, -0.2) is 4.39 Å². The molecule has 0 saturated heterocycles. The summed E-state index contributed by atoms with van der Waals surface area (Å²) in [6.45, 7) is 5.07. The lowest BCUT2D eigenvalue weighted by Crippen LogP contribution is -2.04. The number of rotatable bonds is 10. The Morgan fingerprint density at radius 2 is 1.83 bits per heavy atom. The summed E-state index contributed by atoms with van der Waals surface area (Å²) in [7, 11) is 0. The summed E-state index contributed by atoms with van der Waals surface area (Å²) in [5.41, 5.74) is 0.566. The standard InChI is InChI=1S/C18H25FO4/c1-3-7-22-16-10-13(6-5-12-9-14(12)18(20)21)15(19)11-17(16)23-8-4-2/h10-12,14H,3-9H2,1-2H3,(H,20,21). The highest BCUT2D eigenvalue weighted by Gasteiger charge is 2.42. The molecule has 1 aromatic carbocycles. The molecule has 0 spiro atoms. The van der Waals surface area contributed by atoms with Gasteiger partial charge in [0.1, 0.15) is 5.82 Å². The molecule has 0 aromatic heterocycles. The van der Waals surface area contributed by atoms with Crippen LogP contribution < -0.4 is 9.47 Å². The maximum Gasteiger partial charge on any atom is 0.306 e. The molecule has 0 amide bonds. The third-order valence-corrected chi connectivity index (χ3v) is 4.06. The van der Waals surface area contributed by atoms with E-state index < -0.39 is 5.97 Å². The van der Waals surface area contributed by atoms with Crippen molar-refractivity contribution < 1.29 is 23.8 Å². The second kappa shape index (κ2) is 8.18. The molecular formula is C18H25FO4. The van der Waals surface area contributed by atoms with Gasteiger partial charge in [-0.3, -0.25) is 4.79 Å². The van der Waals surface area contributed by atoms with Gasteiger partial charge in [-0.15, -0.1) is 0 Å². The normalized spacial score (nSPS) is 19.4. The molecule has 1 saturated carbocycles. The van der Waals surface area contributed by atoms with E-state index in [4.69, 9.17) is 14.6 Å². The van der Waals surface area contributed by atoms with Gasteiger partial charge in [0.05, 0.1) is 19.1 Å². The van der Waals surface area contributed by atoms with E-state index in [1.165, 1.54) is 6.07 Å². The van der Waals surface area contributed by atoms with Gasteiger partial charge >= 0.3 is 5.97 Å². The summed E-state index contributed by atoms with van der Waals surface area (Å²) < 4.78 is 25.5. The predicted molar refractivity (Wildman–Crippen MR) is 85.5 cm³/mol. The first-order chi connectivity index (χ1) is 11.1. The maximum absolute atomic E-state index is 14.3. The lowest BCUT2D eigenvalue weighted by molar-refractivity contribution is -0.138. The lowest BCUT2D eigenvalue weighted by Gasteiger charge is -2.14. The van der Waals surface area contributed by atoms with E-state index in [9.17, 15) is 9.18 Å². The molecule has 2 atom stereocenters. The Labute approximate surface area is 136 Å². The molecule has 1 aromatic rings. The van der Waals surface area contributed by atoms with Crippen LogP contribution >= 0.6 is 0 Å². The maximum atomic E-state index is 14.3. The smallest absolute Gasteiger partial charge is 0.306 e. The highest BCUT2D eigenvalue weighted by atomic mass is 19.1. The number of aliphatic carboxylic acids is 1. The van der Waals surface area contributed by atoms with Crippen molar-refractivity contribution in [2.75, 3.05) is 13.2 Å². The summed E-state index contributed by atoms with van der Waals surface area (Å²) in [6, 6.07) is 3.09. The number of benzene rings is 1. The van der Waals surface area contributed by atoms with Crippen LogP contribution in [0.1, 0.15) is 45.1 Å². The van der Waals surface area contributed by atoms with Crippen LogP contribution in [0.25, 0.3) is 0 Å². The minimum Gasteiger partial charge on any atom is -0.490 e. The molecule has 2 rings (SSSR count). The average molecular weight is 324 g/mol. The van der Waals surface area contributed by atoms with Crippen LogP contribution in [0.5, 0.6) is 11.5 Å². The lowest BCUT2D eigenvalue weighted by atomic mass is 10.0. The van der Waals surface area contributed by atoms with E-state index in [1.54, 1.807) is 6.07 Å². The fourth-order valence-electron chi connectivity index (χ4n) is 2.63. The number of carboxylic acids is 1. The number of halogens is 1. The summed E-state index contributed by atoms with van der Waals surface area (Å²) in [5.74, 6) is -0.124. The molecule has 0 aliphatic heterocycles. The average Bonchev–Trinajstić information content (AvgIpc) is 3.30. The molecule has 0 heterocycles. The second-order valence-corrected chi connectivity index (χ2v) is 6.07. The van der Waals surface area contributed by atoms with Crippen molar-refractivity contribution in [3.8, 4) is 11.5 Å². The van der Waals surface area contributed by atoms with Crippen molar-refractivity contribution in [2.24, 2.45) is 11.8 Å². The summed E-state index contributed by atoms with van der Waals surface area (Å²) in [4.78, 5) is 10.9. The highest BCUT2D eigenvalue weighted by molar-refractivity contribution is 5.73. The van der Waals surface area contributed by atoms with Gasteiger partial charge in [0, 0.05) is 6.07 Å². The molecule has 1 N–H and O–H groups in total. The minimum absolute atomic E-state index is 0.169. The van der Waals surface area contributed by atoms with Crippen LogP contribution in [0.15, 0.2) is 12.1 Å². The second-order valence-electron chi connectivity index (χ2n) is 6.07. The molecule has 4 nitrogen and oxygen atoms in total. The van der Waals surface area contributed by atoms with Crippen molar-refractivity contribution in [1.29, 1.82) is 0 Å². The molecule has 2 unspecified atom stereocenters. The number of carbonyl (C=O) groups is 1.